The first-order valence-electron chi connectivity index (χ1n) is 10.7. The first-order chi connectivity index (χ1) is 13.4. The summed E-state index contributed by atoms with van der Waals surface area (Å²) in [5, 5.41) is 0. The first kappa shape index (κ1) is 19.4. The quantitative estimate of drug-likeness (QED) is 0.534. The van der Waals surface area contributed by atoms with Crippen molar-refractivity contribution in [1.29, 1.82) is 0 Å². The van der Waals surface area contributed by atoms with Gasteiger partial charge in [-0.1, -0.05) is 26.0 Å². The summed E-state index contributed by atoms with van der Waals surface area (Å²) in [7, 11) is 0. The van der Waals surface area contributed by atoms with Gasteiger partial charge in [-0.05, 0) is 44.9 Å². The molecule has 5 heterocycles. The number of hydrogen-bond donors (Lipinski definition) is 0. The molecule has 0 N–H and O–H groups in total. The van der Waals surface area contributed by atoms with Gasteiger partial charge in [-0.25, -0.2) is 19.6 Å². The largest absolute Gasteiger partial charge is 0.349 e. The SMILES string of the molecule is CC1CCC2[C@@H](C)[C@@H](OC[C@@H]3C=C[C@H](C)OO3)OC3O[C@@]4(C)CC[C@@H]1[C@]32OO4. The summed E-state index contributed by atoms with van der Waals surface area (Å²) in [5.41, 5.74) is -0.549. The molecule has 6 aliphatic rings. The zero-order chi connectivity index (χ0) is 19.5. The zero-order valence-corrected chi connectivity index (χ0v) is 17.2. The summed E-state index contributed by atoms with van der Waals surface area (Å²) in [5.74, 6) is 0.581. The Balaban J connectivity index is 1.37. The minimum absolute atomic E-state index is 0.0324. The Bertz CT molecular complexity index is 626. The molecule has 0 aromatic heterocycles. The normalized spacial score (nSPS) is 55.6. The van der Waals surface area contributed by atoms with E-state index in [1.165, 1.54) is 6.42 Å². The maximum Gasteiger partial charge on any atom is 0.201 e. The van der Waals surface area contributed by atoms with Crippen molar-refractivity contribution in [3.8, 4) is 0 Å². The van der Waals surface area contributed by atoms with Crippen molar-refractivity contribution in [2.75, 3.05) is 6.61 Å². The van der Waals surface area contributed by atoms with Gasteiger partial charge in [0.25, 0.3) is 0 Å². The number of rotatable bonds is 3. The lowest BCUT2D eigenvalue weighted by atomic mass is 9.58. The van der Waals surface area contributed by atoms with Crippen LogP contribution in [0.5, 0.6) is 0 Å². The lowest BCUT2D eigenvalue weighted by Crippen LogP contribution is -2.70. The van der Waals surface area contributed by atoms with Crippen LogP contribution < -0.4 is 0 Å². The van der Waals surface area contributed by atoms with Crippen LogP contribution in [0.4, 0.5) is 0 Å². The van der Waals surface area contributed by atoms with Crippen LogP contribution in [0.1, 0.15) is 53.4 Å². The molecule has 5 fully saturated rings. The van der Waals surface area contributed by atoms with E-state index in [4.69, 9.17) is 33.8 Å². The number of fused-ring (bicyclic) bond motifs is 2. The molecule has 10 atom stereocenters. The third-order valence-corrected chi connectivity index (χ3v) is 7.45. The Morgan fingerprint density at radius 1 is 1.00 bits per heavy atom. The lowest BCUT2D eigenvalue weighted by molar-refractivity contribution is -0.577. The fraction of sp³-hybridized carbons (Fsp3) is 0.905. The van der Waals surface area contributed by atoms with Crippen molar-refractivity contribution in [3.63, 3.8) is 0 Å². The highest BCUT2D eigenvalue weighted by atomic mass is 17.3. The molecule has 1 saturated carbocycles. The minimum atomic E-state index is -0.762. The van der Waals surface area contributed by atoms with Gasteiger partial charge >= 0.3 is 0 Å². The predicted octanol–water partition coefficient (Wildman–Crippen LogP) is 3.49. The van der Waals surface area contributed by atoms with Gasteiger partial charge in [-0.2, -0.15) is 0 Å². The van der Waals surface area contributed by atoms with Crippen molar-refractivity contribution in [3.05, 3.63) is 12.2 Å². The second kappa shape index (κ2) is 7.01. The van der Waals surface area contributed by atoms with Crippen molar-refractivity contribution >= 4 is 0 Å². The van der Waals surface area contributed by atoms with Crippen LogP contribution in [0.2, 0.25) is 0 Å². The molecule has 7 heteroatoms. The molecular formula is C21H32O7. The molecule has 1 aliphatic carbocycles. The van der Waals surface area contributed by atoms with Crippen LogP contribution in [0.15, 0.2) is 12.2 Å². The Hall–Kier alpha value is -0.540. The molecule has 0 aromatic rings. The number of ether oxygens (including phenoxy) is 3. The number of hydrogen-bond acceptors (Lipinski definition) is 7. The smallest absolute Gasteiger partial charge is 0.201 e. The fourth-order valence-corrected chi connectivity index (χ4v) is 5.84. The fourth-order valence-electron chi connectivity index (χ4n) is 5.84. The summed E-state index contributed by atoms with van der Waals surface area (Å²) in [4.78, 5) is 22.6. The van der Waals surface area contributed by atoms with Crippen LogP contribution >= 0.6 is 0 Å². The van der Waals surface area contributed by atoms with Crippen molar-refractivity contribution in [2.24, 2.45) is 23.7 Å². The Morgan fingerprint density at radius 3 is 2.64 bits per heavy atom. The summed E-state index contributed by atoms with van der Waals surface area (Å²) in [6, 6.07) is 0. The molecule has 4 saturated heterocycles. The predicted molar refractivity (Wildman–Crippen MR) is 97.3 cm³/mol. The third kappa shape index (κ3) is 2.98. The molecule has 28 heavy (non-hydrogen) atoms. The van der Waals surface area contributed by atoms with Crippen molar-refractivity contribution < 1.29 is 33.8 Å². The van der Waals surface area contributed by atoms with Crippen LogP contribution in [0.3, 0.4) is 0 Å². The molecule has 158 valence electrons. The summed E-state index contributed by atoms with van der Waals surface area (Å²) < 4.78 is 18.9. The molecule has 2 bridgehead atoms. The van der Waals surface area contributed by atoms with Gasteiger partial charge in [0.2, 0.25) is 5.79 Å². The van der Waals surface area contributed by atoms with Gasteiger partial charge in [-0.15, -0.1) is 0 Å². The highest BCUT2D eigenvalue weighted by Crippen LogP contribution is 2.60. The van der Waals surface area contributed by atoms with E-state index in [1.807, 2.05) is 26.0 Å². The van der Waals surface area contributed by atoms with Gasteiger partial charge < -0.3 is 14.2 Å². The molecule has 5 aliphatic heterocycles. The zero-order valence-electron chi connectivity index (χ0n) is 17.2. The molecule has 3 unspecified atom stereocenters. The van der Waals surface area contributed by atoms with Crippen molar-refractivity contribution in [2.45, 2.75) is 89.6 Å². The van der Waals surface area contributed by atoms with E-state index >= 15 is 0 Å². The van der Waals surface area contributed by atoms with Crippen LogP contribution in [-0.4, -0.2) is 42.8 Å². The van der Waals surface area contributed by atoms with E-state index in [-0.39, 0.29) is 30.3 Å². The second-order valence-electron chi connectivity index (χ2n) is 9.43. The van der Waals surface area contributed by atoms with Crippen molar-refractivity contribution in [1.82, 2.24) is 0 Å². The maximum absolute atomic E-state index is 6.40. The van der Waals surface area contributed by atoms with Gasteiger partial charge in [0.15, 0.2) is 18.2 Å². The summed E-state index contributed by atoms with van der Waals surface area (Å²) in [6.07, 6.45) is 6.91. The molecule has 6 rings (SSSR count). The average Bonchev–Trinajstić information content (AvgIpc) is 2.91. The standard InChI is InChI=1S/C21H32O7/c1-12-5-8-17-14(3)18(22-11-15-7-6-13(2)25-26-15)23-19-21(17)16(12)9-10-20(4,24-19)27-28-21/h6-7,12-19H,5,8-11H2,1-4H3/t12?,13-,14+,15-,16-,17?,18-,19?,20+,21+/m0/s1. The van der Waals surface area contributed by atoms with Gasteiger partial charge in [0.1, 0.15) is 12.2 Å². The summed E-state index contributed by atoms with van der Waals surface area (Å²) in [6.45, 7) is 8.75. The van der Waals surface area contributed by atoms with Gasteiger partial charge in [0, 0.05) is 18.3 Å². The molecule has 1 spiro atoms. The van der Waals surface area contributed by atoms with E-state index in [2.05, 4.69) is 13.8 Å². The van der Waals surface area contributed by atoms with Crippen LogP contribution in [-0.2, 0) is 33.8 Å². The average molecular weight is 396 g/mol. The first-order valence-corrected chi connectivity index (χ1v) is 10.7. The summed E-state index contributed by atoms with van der Waals surface area (Å²) >= 11 is 0. The topological polar surface area (TPSA) is 64.6 Å². The van der Waals surface area contributed by atoms with E-state index in [0.29, 0.717) is 18.4 Å². The maximum atomic E-state index is 6.40. The Morgan fingerprint density at radius 2 is 1.86 bits per heavy atom. The highest BCUT2D eigenvalue weighted by Gasteiger charge is 2.69. The third-order valence-electron chi connectivity index (χ3n) is 7.45. The minimum Gasteiger partial charge on any atom is -0.349 e. The molecule has 0 aromatic carbocycles. The van der Waals surface area contributed by atoms with E-state index < -0.39 is 17.7 Å². The monoisotopic (exact) mass is 396 g/mol. The Labute approximate surface area is 166 Å². The van der Waals surface area contributed by atoms with Gasteiger partial charge in [-0.3, -0.25) is 0 Å². The second-order valence-corrected chi connectivity index (χ2v) is 9.43. The molecule has 0 amide bonds. The van der Waals surface area contributed by atoms with Gasteiger partial charge in [0.05, 0.1) is 6.61 Å². The lowest BCUT2D eigenvalue weighted by Gasteiger charge is -2.60. The van der Waals surface area contributed by atoms with E-state index in [9.17, 15) is 0 Å². The Kier molecular flexibility index (Phi) is 4.86. The molecule has 0 radical (unpaired) electrons. The van der Waals surface area contributed by atoms with E-state index in [1.54, 1.807) is 0 Å². The molecular weight excluding hydrogens is 364 g/mol. The highest BCUT2D eigenvalue weighted by molar-refractivity contribution is 5.09. The van der Waals surface area contributed by atoms with Crippen LogP contribution in [0.25, 0.3) is 0 Å². The molecule has 7 nitrogen and oxygen atoms in total. The van der Waals surface area contributed by atoms with E-state index in [0.717, 1.165) is 19.3 Å². The van der Waals surface area contributed by atoms with Crippen LogP contribution in [0, 0.1) is 23.7 Å².